The molecule has 1 aromatic heterocycles. The number of fused-ring (bicyclic) bond motifs is 1. The Balaban J connectivity index is 1.25. The van der Waals surface area contributed by atoms with Crippen molar-refractivity contribution < 1.29 is 9.53 Å². The quantitative estimate of drug-likeness (QED) is 0.818. The molecule has 1 amide bonds. The topological polar surface area (TPSA) is 58.6 Å². The van der Waals surface area contributed by atoms with E-state index < -0.39 is 0 Å². The summed E-state index contributed by atoms with van der Waals surface area (Å²) in [5.74, 6) is 1.51. The van der Waals surface area contributed by atoms with Crippen molar-refractivity contribution >= 4 is 5.91 Å². The number of carbonyl (C=O) groups is 1. The van der Waals surface area contributed by atoms with Gasteiger partial charge in [0, 0.05) is 32.2 Å². The molecule has 28 heavy (non-hydrogen) atoms. The number of likely N-dealkylation sites (tertiary alicyclic amines) is 1. The second-order valence-electron chi connectivity index (χ2n) is 8.04. The summed E-state index contributed by atoms with van der Waals surface area (Å²) in [5.41, 5.74) is 2.81. The number of aromatic nitrogens is 2. The number of rotatable bonds is 4. The van der Waals surface area contributed by atoms with Crippen LogP contribution >= 0.6 is 0 Å². The van der Waals surface area contributed by atoms with E-state index in [9.17, 15) is 4.79 Å². The molecule has 0 bridgehead atoms. The lowest BCUT2D eigenvalue weighted by Crippen LogP contribution is -2.42. The second-order valence-corrected chi connectivity index (χ2v) is 8.04. The monoisotopic (exact) mass is 378 g/mol. The molecule has 0 N–H and O–H groups in total. The van der Waals surface area contributed by atoms with E-state index in [1.165, 1.54) is 30.4 Å². The van der Waals surface area contributed by atoms with Crippen LogP contribution in [0.5, 0.6) is 11.5 Å². The lowest BCUT2D eigenvalue weighted by molar-refractivity contribution is 0.0639. The summed E-state index contributed by atoms with van der Waals surface area (Å²) in [6.07, 6.45) is 10.5. The SMILES string of the molecule is O=C(c1ncc(Oc2ccc3c(c2)CCN(C2CCC2)CC3)cn1)N1CCC1. The first-order valence-electron chi connectivity index (χ1n) is 10.4. The normalized spacial score (nSPS) is 19.9. The summed E-state index contributed by atoms with van der Waals surface area (Å²) < 4.78 is 5.96. The lowest BCUT2D eigenvalue weighted by atomic mass is 9.91. The standard InChI is InChI=1S/C22H26N4O2/c27-22(26-9-2-10-26)21-23-14-20(15-24-21)28-19-6-5-16-7-11-25(18-3-1-4-18)12-8-17(16)13-19/h5-6,13-15,18H,1-4,7-12H2. The molecule has 1 aliphatic carbocycles. The Morgan fingerprint density at radius 3 is 2.32 bits per heavy atom. The molecule has 6 nitrogen and oxygen atoms in total. The van der Waals surface area contributed by atoms with Crippen LogP contribution in [0.2, 0.25) is 0 Å². The summed E-state index contributed by atoms with van der Waals surface area (Å²) in [4.78, 5) is 24.9. The fourth-order valence-corrected chi connectivity index (χ4v) is 4.18. The van der Waals surface area contributed by atoms with Gasteiger partial charge in [-0.2, -0.15) is 0 Å². The van der Waals surface area contributed by atoms with Gasteiger partial charge in [-0.3, -0.25) is 9.69 Å². The zero-order valence-electron chi connectivity index (χ0n) is 16.1. The fraction of sp³-hybridized carbons (Fsp3) is 0.500. The van der Waals surface area contributed by atoms with E-state index in [1.807, 2.05) is 6.07 Å². The number of ether oxygens (including phenoxy) is 1. The Morgan fingerprint density at radius 1 is 0.929 bits per heavy atom. The first-order valence-corrected chi connectivity index (χ1v) is 10.4. The van der Waals surface area contributed by atoms with Crippen molar-refractivity contribution in [3.8, 4) is 11.5 Å². The van der Waals surface area contributed by atoms with E-state index >= 15 is 0 Å². The van der Waals surface area contributed by atoms with Gasteiger partial charge in [-0.1, -0.05) is 12.5 Å². The molecule has 0 unspecified atom stereocenters. The Kier molecular flexibility index (Phi) is 4.72. The van der Waals surface area contributed by atoms with Gasteiger partial charge < -0.3 is 9.64 Å². The summed E-state index contributed by atoms with van der Waals surface area (Å²) in [5, 5.41) is 0. The van der Waals surface area contributed by atoms with Gasteiger partial charge in [0.25, 0.3) is 5.91 Å². The third kappa shape index (κ3) is 3.49. The van der Waals surface area contributed by atoms with Gasteiger partial charge in [0.05, 0.1) is 12.4 Å². The Labute approximate surface area is 165 Å². The Bertz CT molecular complexity index is 859. The Hall–Kier alpha value is -2.47. The maximum absolute atomic E-state index is 12.1. The first kappa shape index (κ1) is 17.6. The van der Waals surface area contributed by atoms with Crippen LogP contribution in [-0.2, 0) is 12.8 Å². The van der Waals surface area contributed by atoms with Gasteiger partial charge in [0.2, 0.25) is 5.82 Å². The molecule has 2 fully saturated rings. The van der Waals surface area contributed by atoms with Crippen molar-refractivity contribution in [1.29, 1.82) is 0 Å². The zero-order chi connectivity index (χ0) is 18.9. The van der Waals surface area contributed by atoms with E-state index in [0.717, 1.165) is 57.2 Å². The molecule has 146 valence electrons. The molecule has 2 aromatic rings. The van der Waals surface area contributed by atoms with Gasteiger partial charge in [-0.15, -0.1) is 0 Å². The van der Waals surface area contributed by atoms with E-state index in [4.69, 9.17) is 4.74 Å². The number of carbonyl (C=O) groups excluding carboxylic acids is 1. The molecule has 0 spiro atoms. The zero-order valence-corrected chi connectivity index (χ0v) is 16.1. The van der Waals surface area contributed by atoms with Crippen LogP contribution in [0.4, 0.5) is 0 Å². The van der Waals surface area contributed by atoms with Crippen LogP contribution in [0.1, 0.15) is 47.4 Å². The number of benzene rings is 1. The largest absolute Gasteiger partial charge is 0.454 e. The van der Waals surface area contributed by atoms with Gasteiger partial charge in [0.1, 0.15) is 5.75 Å². The number of amides is 1. The van der Waals surface area contributed by atoms with Gasteiger partial charge in [0.15, 0.2) is 5.75 Å². The summed E-state index contributed by atoms with van der Waals surface area (Å²) in [7, 11) is 0. The highest BCUT2D eigenvalue weighted by atomic mass is 16.5. The maximum atomic E-state index is 12.1. The van der Waals surface area contributed by atoms with E-state index in [2.05, 4.69) is 27.0 Å². The van der Waals surface area contributed by atoms with Gasteiger partial charge >= 0.3 is 0 Å². The highest BCUT2D eigenvalue weighted by molar-refractivity contribution is 5.90. The van der Waals surface area contributed by atoms with Crippen LogP contribution in [0.3, 0.4) is 0 Å². The molecule has 2 aliphatic heterocycles. The molecular weight excluding hydrogens is 352 g/mol. The van der Waals surface area contributed by atoms with Crippen molar-refractivity contribution in [2.45, 2.75) is 44.6 Å². The Morgan fingerprint density at radius 2 is 1.68 bits per heavy atom. The number of hydrogen-bond donors (Lipinski definition) is 0. The van der Waals surface area contributed by atoms with Crippen molar-refractivity contribution in [2.24, 2.45) is 0 Å². The molecule has 0 atom stereocenters. The predicted molar refractivity (Wildman–Crippen MR) is 106 cm³/mol. The second kappa shape index (κ2) is 7.51. The summed E-state index contributed by atoms with van der Waals surface area (Å²) in [6.45, 7) is 3.90. The molecule has 1 saturated heterocycles. The molecule has 1 saturated carbocycles. The van der Waals surface area contributed by atoms with Crippen molar-refractivity contribution in [3.05, 3.63) is 47.5 Å². The predicted octanol–water partition coefficient (Wildman–Crippen LogP) is 3.07. The van der Waals surface area contributed by atoms with E-state index in [0.29, 0.717) is 5.75 Å². The highest BCUT2D eigenvalue weighted by Crippen LogP contribution is 2.29. The van der Waals surface area contributed by atoms with Crippen LogP contribution in [0, 0.1) is 0 Å². The fourth-order valence-electron chi connectivity index (χ4n) is 4.18. The van der Waals surface area contributed by atoms with Crippen molar-refractivity contribution in [2.75, 3.05) is 26.2 Å². The molecule has 5 rings (SSSR count). The van der Waals surface area contributed by atoms with Crippen molar-refractivity contribution in [3.63, 3.8) is 0 Å². The minimum absolute atomic E-state index is 0.0983. The molecule has 3 aliphatic rings. The van der Waals surface area contributed by atoms with Crippen LogP contribution in [0.25, 0.3) is 0 Å². The molecule has 3 heterocycles. The average Bonchev–Trinajstić information content (AvgIpc) is 2.82. The third-order valence-electron chi connectivity index (χ3n) is 6.30. The summed E-state index contributed by atoms with van der Waals surface area (Å²) >= 11 is 0. The average molecular weight is 378 g/mol. The highest BCUT2D eigenvalue weighted by Gasteiger charge is 2.26. The maximum Gasteiger partial charge on any atom is 0.291 e. The van der Waals surface area contributed by atoms with Gasteiger partial charge in [-0.05, 0) is 55.4 Å². The number of nitrogens with zero attached hydrogens (tertiary/aromatic N) is 4. The summed E-state index contributed by atoms with van der Waals surface area (Å²) in [6, 6.07) is 7.17. The number of hydrogen-bond acceptors (Lipinski definition) is 5. The minimum atomic E-state index is -0.0983. The molecule has 1 aromatic carbocycles. The molecular formula is C22H26N4O2. The van der Waals surface area contributed by atoms with Crippen LogP contribution < -0.4 is 4.74 Å². The minimum Gasteiger partial charge on any atom is -0.454 e. The molecule has 0 radical (unpaired) electrons. The van der Waals surface area contributed by atoms with Crippen LogP contribution in [0.15, 0.2) is 30.6 Å². The van der Waals surface area contributed by atoms with E-state index in [-0.39, 0.29) is 11.7 Å². The van der Waals surface area contributed by atoms with Crippen molar-refractivity contribution in [1.82, 2.24) is 19.8 Å². The van der Waals surface area contributed by atoms with Gasteiger partial charge in [-0.25, -0.2) is 9.97 Å². The third-order valence-corrected chi connectivity index (χ3v) is 6.30. The smallest absolute Gasteiger partial charge is 0.291 e. The van der Waals surface area contributed by atoms with E-state index in [1.54, 1.807) is 17.3 Å². The lowest BCUT2D eigenvalue weighted by Gasteiger charge is -2.36. The molecule has 6 heteroatoms. The first-order chi connectivity index (χ1) is 13.8. The van der Waals surface area contributed by atoms with Crippen LogP contribution in [-0.4, -0.2) is 57.9 Å².